The third-order valence-electron chi connectivity index (χ3n) is 7.39. The number of nitrogens with zero attached hydrogens (tertiary/aromatic N) is 3. The quantitative estimate of drug-likeness (QED) is 0.165. The zero-order valence-corrected chi connectivity index (χ0v) is 27.0. The Balaban J connectivity index is 0.000000170. The summed E-state index contributed by atoms with van der Waals surface area (Å²) in [6.07, 6.45) is 8.62. The standard InChI is InChI=1S/C21H23N2.C17H9NO.Ir/c1-15(2)18-11-8-12-19(16(3)4)20(18)23-14-13-22-21(23)17-9-6-5-7-10-17;1-2-9-16-14(6-1)15-8-3-7-13(17(15)19-16)12-5-4-10-18-11-12;/h5-9,11-16H,1-4H3;1-6,8-10H;/q-1;-2;+3. The average molecular weight is 739 g/mol. The molecule has 4 nitrogen and oxygen atoms in total. The molecule has 0 amide bonds. The van der Waals surface area contributed by atoms with Crippen LogP contribution < -0.4 is 0 Å². The summed E-state index contributed by atoms with van der Waals surface area (Å²) in [5, 5.41) is 2.22. The zero-order chi connectivity index (χ0) is 29.1. The molecule has 214 valence electrons. The Kier molecular flexibility index (Phi) is 9.35. The molecule has 0 aliphatic carbocycles. The van der Waals surface area contributed by atoms with Gasteiger partial charge in [-0.05, 0) is 29.0 Å². The first-order valence-corrected chi connectivity index (χ1v) is 14.3. The van der Waals surface area contributed by atoms with Crippen molar-refractivity contribution in [2.24, 2.45) is 0 Å². The van der Waals surface area contributed by atoms with Crippen molar-refractivity contribution in [2.45, 2.75) is 39.5 Å². The fraction of sp³-hybridized carbons (Fsp3) is 0.158. The summed E-state index contributed by atoms with van der Waals surface area (Å²) in [5.41, 5.74) is 8.52. The molecule has 0 fully saturated rings. The van der Waals surface area contributed by atoms with E-state index in [0.29, 0.717) is 11.8 Å². The minimum atomic E-state index is 0. The van der Waals surface area contributed by atoms with Crippen LogP contribution in [0.15, 0.2) is 114 Å². The molecule has 0 aliphatic rings. The molecule has 3 heterocycles. The minimum absolute atomic E-state index is 0. The van der Waals surface area contributed by atoms with Gasteiger partial charge in [-0.25, -0.2) is 5.56 Å². The SMILES string of the molecule is CC(C)c1cccc(C(C)C)c1-n1ccnc1-c1[c-]cccc1.[Ir+3].[c-]1ncccc1-c1[c-]ccc2c1oc1ccccc12. The maximum atomic E-state index is 5.96. The molecule has 0 radical (unpaired) electrons. The molecule has 0 aliphatic heterocycles. The van der Waals surface area contributed by atoms with Crippen molar-refractivity contribution in [3.63, 3.8) is 0 Å². The molecule has 0 spiro atoms. The number of imidazole rings is 1. The van der Waals surface area contributed by atoms with Gasteiger partial charge in [-0.1, -0.05) is 81.9 Å². The molecular formula is C38H32IrN3O. The second-order valence-electron chi connectivity index (χ2n) is 10.8. The van der Waals surface area contributed by atoms with Crippen LogP contribution in [0.3, 0.4) is 0 Å². The van der Waals surface area contributed by atoms with E-state index in [4.69, 9.17) is 4.42 Å². The molecule has 7 rings (SSSR count). The predicted molar refractivity (Wildman–Crippen MR) is 171 cm³/mol. The summed E-state index contributed by atoms with van der Waals surface area (Å²) < 4.78 is 8.18. The van der Waals surface area contributed by atoms with Gasteiger partial charge in [0.25, 0.3) is 0 Å². The number of pyridine rings is 1. The predicted octanol–water partition coefficient (Wildman–Crippen LogP) is 9.83. The van der Waals surface area contributed by atoms with E-state index in [9.17, 15) is 0 Å². The van der Waals surface area contributed by atoms with Gasteiger partial charge in [0.1, 0.15) is 5.58 Å². The van der Waals surface area contributed by atoms with E-state index in [1.54, 1.807) is 6.20 Å². The summed E-state index contributed by atoms with van der Waals surface area (Å²) in [4.78, 5) is 8.63. The number of hydrogen-bond acceptors (Lipinski definition) is 3. The number of hydrogen-bond donors (Lipinski definition) is 0. The topological polar surface area (TPSA) is 43.9 Å². The van der Waals surface area contributed by atoms with Gasteiger partial charge in [0.15, 0.2) is 0 Å². The van der Waals surface area contributed by atoms with Gasteiger partial charge >= 0.3 is 20.1 Å². The van der Waals surface area contributed by atoms with Crippen LogP contribution in [-0.4, -0.2) is 14.5 Å². The molecule has 0 unspecified atom stereocenters. The van der Waals surface area contributed by atoms with Crippen LogP contribution in [0.5, 0.6) is 0 Å². The molecule has 0 N–H and O–H groups in total. The Morgan fingerprint density at radius 2 is 1.44 bits per heavy atom. The monoisotopic (exact) mass is 739 g/mol. The van der Waals surface area contributed by atoms with Crippen molar-refractivity contribution in [3.05, 3.63) is 139 Å². The van der Waals surface area contributed by atoms with Crippen LogP contribution in [0.4, 0.5) is 0 Å². The first kappa shape index (κ1) is 30.2. The van der Waals surface area contributed by atoms with Crippen LogP contribution in [0, 0.1) is 18.3 Å². The number of aromatic nitrogens is 3. The van der Waals surface area contributed by atoms with Crippen LogP contribution in [0.1, 0.15) is 50.7 Å². The molecule has 0 saturated carbocycles. The number of furan rings is 1. The first-order valence-electron chi connectivity index (χ1n) is 14.3. The van der Waals surface area contributed by atoms with E-state index in [2.05, 4.69) is 97.1 Å². The fourth-order valence-electron chi connectivity index (χ4n) is 5.36. The van der Waals surface area contributed by atoms with Gasteiger partial charge in [-0.3, -0.25) is 4.98 Å². The van der Waals surface area contributed by atoms with Gasteiger partial charge < -0.3 is 14.0 Å². The summed E-state index contributed by atoms with van der Waals surface area (Å²) in [6, 6.07) is 37.0. The summed E-state index contributed by atoms with van der Waals surface area (Å²) >= 11 is 0. The smallest absolute Gasteiger partial charge is 0.510 e. The van der Waals surface area contributed by atoms with E-state index >= 15 is 0 Å². The van der Waals surface area contributed by atoms with Crippen LogP contribution in [-0.2, 0) is 20.1 Å². The zero-order valence-electron chi connectivity index (χ0n) is 24.6. The van der Waals surface area contributed by atoms with Gasteiger partial charge in [0.2, 0.25) is 0 Å². The molecule has 0 saturated heterocycles. The van der Waals surface area contributed by atoms with E-state index in [-0.39, 0.29) is 20.1 Å². The average Bonchev–Trinajstić information content (AvgIpc) is 3.67. The Morgan fingerprint density at radius 3 is 2.14 bits per heavy atom. The molecule has 3 aromatic heterocycles. The number of rotatable bonds is 5. The maximum absolute atomic E-state index is 5.96. The van der Waals surface area contributed by atoms with Crippen LogP contribution in [0.2, 0.25) is 0 Å². The Hall–Kier alpha value is -4.31. The third-order valence-corrected chi connectivity index (χ3v) is 7.39. The molecule has 0 bridgehead atoms. The molecule has 4 aromatic carbocycles. The summed E-state index contributed by atoms with van der Waals surface area (Å²) in [5.74, 6) is 1.86. The summed E-state index contributed by atoms with van der Waals surface area (Å²) in [7, 11) is 0. The van der Waals surface area contributed by atoms with Crippen LogP contribution >= 0.6 is 0 Å². The molecule has 7 aromatic rings. The van der Waals surface area contributed by atoms with Crippen LogP contribution in [0.25, 0.3) is 50.1 Å². The fourth-order valence-corrected chi connectivity index (χ4v) is 5.36. The van der Waals surface area contributed by atoms with Crippen molar-refractivity contribution in [3.8, 4) is 28.2 Å². The molecular weight excluding hydrogens is 707 g/mol. The minimum Gasteiger partial charge on any atom is -0.510 e. The molecule has 43 heavy (non-hydrogen) atoms. The Morgan fingerprint density at radius 1 is 0.698 bits per heavy atom. The van der Waals surface area contributed by atoms with Gasteiger partial charge in [-0.2, -0.15) is 23.8 Å². The van der Waals surface area contributed by atoms with E-state index in [1.807, 2.05) is 66.9 Å². The van der Waals surface area contributed by atoms with Gasteiger partial charge in [0.05, 0.1) is 5.82 Å². The Labute approximate surface area is 266 Å². The van der Waals surface area contributed by atoms with Crippen molar-refractivity contribution < 1.29 is 24.5 Å². The molecule has 5 heteroatoms. The third kappa shape index (κ3) is 6.10. The van der Waals surface area contributed by atoms with Crippen molar-refractivity contribution in [1.29, 1.82) is 0 Å². The largest absolute Gasteiger partial charge is 3.00 e. The molecule has 0 atom stereocenters. The number of benzene rings is 4. The second-order valence-corrected chi connectivity index (χ2v) is 10.8. The van der Waals surface area contributed by atoms with E-state index in [1.165, 1.54) is 16.8 Å². The Bertz CT molecular complexity index is 1910. The number of fused-ring (bicyclic) bond motifs is 3. The maximum Gasteiger partial charge on any atom is 3.00 e. The van der Waals surface area contributed by atoms with Crippen molar-refractivity contribution in [1.82, 2.24) is 14.5 Å². The second kappa shape index (κ2) is 13.3. The van der Waals surface area contributed by atoms with Crippen molar-refractivity contribution >= 4 is 21.9 Å². The van der Waals surface area contributed by atoms with Gasteiger partial charge in [0, 0.05) is 29.1 Å². The number of para-hydroxylation sites is 2. The van der Waals surface area contributed by atoms with E-state index < -0.39 is 0 Å². The normalized spacial score (nSPS) is 11.0. The van der Waals surface area contributed by atoms with E-state index in [0.717, 1.165) is 44.5 Å². The first-order chi connectivity index (χ1) is 20.5. The summed E-state index contributed by atoms with van der Waals surface area (Å²) in [6.45, 7) is 8.98. The van der Waals surface area contributed by atoms with Gasteiger partial charge in [-0.15, -0.1) is 48.0 Å². The van der Waals surface area contributed by atoms with Crippen molar-refractivity contribution in [2.75, 3.05) is 0 Å².